The molecule has 11 heteroatoms. The maximum absolute atomic E-state index is 12.3. The van der Waals surface area contributed by atoms with Crippen molar-refractivity contribution in [1.29, 1.82) is 5.26 Å². The van der Waals surface area contributed by atoms with Crippen LogP contribution in [-0.4, -0.2) is 57.8 Å². The molecule has 142 valence electrons. The fraction of sp³-hybridized carbons (Fsp3) is 0.312. The highest BCUT2D eigenvalue weighted by Crippen LogP contribution is 2.21. The van der Waals surface area contributed by atoms with Gasteiger partial charge in [-0.3, -0.25) is 10.1 Å². The molecular weight excluding hydrogens is 372 g/mol. The second kappa shape index (κ2) is 9.67. The quantitative estimate of drug-likeness (QED) is 0.297. The number of likely N-dealkylation sites (N-methyl/N-ethyl adjacent to an activating group) is 1. The van der Waals surface area contributed by atoms with Gasteiger partial charge in [0.1, 0.15) is 11.8 Å². The Bertz CT molecular complexity index is 859. The minimum absolute atomic E-state index is 0.00600. The predicted octanol–water partition coefficient (Wildman–Crippen LogP) is 1.79. The highest BCUT2D eigenvalue weighted by Gasteiger charge is 2.20. The number of aliphatic hydroxyl groups is 1. The van der Waals surface area contributed by atoms with Crippen LogP contribution in [0.5, 0.6) is 0 Å². The Labute approximate surface area is 160 Å². The van der Waals surface area contributed by atoms with E-state index >= 15 is 0 Å². The average molecular weight is 390 g/mol. The van der Waals surface area contributed by atoms with Gasteiger partial charge < -0.3 is 14.4 Å². The highest BCUT2D eigenvalue weighted by molar-refractivity contribution is 7.97. The van der Waals surface area contributed by atoms with Gasteiger partial charge in [0, 0.05) is 26.0 Å². The molecule has 0 bridgehead atoms. The van der Waals surface area contributed by atoms with Crippen LogP contribution in [0.15, 0.2) is 33.6 Å². The van der Waals surface area contributed by atoms with Crippen molar-refractivity contribution in [3.8, 4) is 6.07 Å². The molecule has 0 aliphatic rings. The lowest BCUT2D eigenvalue weighted by Gasteiger charge is -2.14. The van der Waals surface area contributed by atoms with E-state index in [2.05, 4.69) is 20.4 Å². The molecular formula is C16H18N6O4S. The number of carbonyl (C=O) groups excluding carboxylic acids is 1. The van der Waals surface area contributed by atoms with Gasteiger partial charge >= 0.3 is 0 Å². The van der Waals surface area contributed by atoms with Gasteiger partial charge in [0.05, 0.1) is 23.3 Å². The number of carbonyl (C=O) groups is 1. The lowest BCUT2D eigenvalue weighted by atomic mass is 10.1. The van der Waals surface area contributed by atoms with E-state index in [1.807, 2.05) is 11.4 Å². The third-order valence-electron chi connectivity index (χ3n) is 3.31. The largest absolute Gasteiger partial charge is 0.506 e. The molecule has 2 aromatic rings. The second-order valence-corrected chi connectivity index (χ2v) is 6.54. The summed E-state index contributed by atoms with van der Waals surface area (Å²) < 4.78 is 11.8. The van der Waals surface area contributed by atoms with E-state index in [4.69, 9.17) is 9.26 Å². The van der Waals surface area contributed by atoms with Crippen LogP contribution in [0.3, 0.4) is 0 Å². The smallest absolute Gasteiger partial charge is 0.272 e. The van der Waals surface area contributed by atoms with E-state index in [9.17, 15) is 15.2 Å². The molecule has 2 rings (SSSR count). The number of aromatic nitrogens is 3. The van der Waals surface area contributed by atoms with Crippen molar-refractivity contribution in [3.63, 3.8) is 0 Å². The predicted molar refractivity (Wildman–Crippen MR) is 97.4 cm³/mol. The van der Waals surface area contributed by atoms with Gasteiger partial charge in [0.15, 0.2) is 11.3 Å². The highest BCUT2D eigenvalue weighted by atomic mass is 32.2. The van der Waals surface area contributed by atoms with E-state index in [0.717, 1.165) is 11.4 Å². The number of rotatable bonds is 8. The molecule has 10 nitrogen and oxygen atoms in total. The molecule has 0 aromatic carbocycles. The topological polar surface area (TPSA) is 137 Å². The fourth-order valence-electron chi connectivity index (χ4n) is 1.91. The summed E-state index contributed by atoms with van der Waals surface area (Å²) in [5.74, 6) is -1.08. The van der Waals surface area contributed by atoms with E-state index in [-0.39, 0.29) is 17.3 Å². The van der Waals surface area contributed by atoms with Crippen LogP contribution >= 0.6 is 11.9 Å². The monoisotopic (exact) mass is 390 g/mol. The zero-order valence-corrected chi connectivity index (χ0v) is 15.8. The van der Waals surface area contributed by atoms with Gasteiger partial charge in [-0.2, -0.15) is 5.26 Å². The molecule has 0 aliphatic heterocycles. The third-order valence-corrected chi connectivity index (χ3v) is 4.22. The Hall–Kier alpha value is -2.94. The Morgan fingerprint density at radius 3 is 2.70 bits per heavy atom. The summed E-state index contributed by atoms with van der Waals surface area (Å²) in [6.45, 7) is 2.86. The number of nitriles is 1. The maximum Gasteiger partial charge on any atom is 0.272 e. The lowest BCUT2D eigenvalue weighted by Crippen LogP contribution is -2.17. The zero-order valence-electron chi connectivity index (χ0n) is 15.0. The summed E-state index contributed by atoms with van der Waals surface area (Å²) in [4.78, 5) is 21.1. The molecule has 0 unspecified atom stereocenters. The van der Waals surface area contributed by atoms with Crippen LogP contribution in [0.2, 0.25) is 0 Å². The van der Waals surface area contributed by atoms with Crippen LogP contribution in [-0.2, 0) is 9.53 Å². The van der Waals surface area contributed by atoms with Gasteiger partial charge in [0.25, 0.3) is 5.91 Å². The first-order valence-electron chi connectivity index (χ1n) is 7.72. The first kappa shape index (κ1) is 20.4. The molecule has 0 aliphatic carbocycles. The molecule has 0 spiro atoms. The summed E-state index contributed by atoms with van der Waals surface area (Å²) in [5.41, 5.74) is -0.337. The number of methoxy groups -OCH3 is 1. The number of anilines is 1. The van der Waals surface area contributed by atoms with Crippen LogP contribution in [0, 0.1) is 18.3 Å². The maximum atomic E-state index is 12.3. The Morgan fingerprint density at radius 1 is 1.44 bits per heavy atom. The fourth-order valence-corrected chi connectivity index (χ4v) is 2.63. The van der Waals surface area contributed by atoms with Gasteiger partial charge in [0.2, 0.25) is 5.95 Å². The number of hydrogen-bond donors (Lipinski definition) is 2. The molecule has 0 saturated heterocycles. The summed E-state index contributed by atoms with van der Waals surface area (Å²) in [5, 5.41) is 25.2. The summed E-state index contributed by atoms with van der Waals surface area (Å²) >= 11 is 1.42. The van der Waals surface area contributed by atoms with Gasteiger partial charge in [-0.05, 0) is 25.9 Å². The Kier molecular flexibility index (Phi) is 7.30. The van der Waals surface area contributed by atoms with Crippen LogP contribution in [0.4, 0.5) is 5.95 Å². The number of nitrogens with zero attached hydrogens (tertiary/aromatic N) is 5. The third kappa shape index (κ3) is 5.52. The summed E-state index contributed by atoms with van der Waals surface area (Å²) in [6.07, 6.45) is 4.30. The average Bonchev–Trinajstić information content (AvgIpc) is 3.08. The molecule has 2 heterocycles. The van der Waals surface area contributed by atoms with Crippen LogP contribution in [0.1, 0.15) is 11.3 Å². The molecule has 2 aromatic heterocycles. The summed E-state index contributed by atoms with van der Waals surface area (Å²) in [6, 6.07) is 1.66. The van der Waals surface area contributed by atoms with Crippen LogP contribution < -0.4 is 5.32 Å². The van der Waals surface area contributed by atoms with Gasteiger partial charge in [-0.15, -0.1) is 0 Å². The van der Waals surface area contributed by atoms with Crippen molar-refractivity contribution >= 4 is 29.6 Å². The van der Waals surface area contributed by atoms with Crippen molar-refractivity contribution in [2.24, 2.45) is 0 Å². The number of hydrogen-bond acceptors (Lipinski definition) is 10. The number of aryl methyl sites for hydroxylation is 1. The SMILES string of the molecule is COCCN(C)Sc1cnc(NC(=O)/C(C#N)=C(\O)c2cnoc2C)nc1. The van der Waals surface area contributed by atoms with Gasteiger partial charge in [-0.25, -0.2) is 14.3 Å². The van der Waals surface area contributed by atoms with Crippen molar-refractivity contribution < 1.29 is 19.2 Å². The Morgan fingerprint density at radius 2 is 2.15 bits per heavy atom. The minimum Gasteiger partial charge on any atom is -0.506 e. The first-order valence-corrected chi connectivity index (χ1v) is 8.50. The van der Waals surface area contributed by atoms with E-state index in [1.165, 1.54) is 30.5 Å². The van der Waals surface area contributed by atoms with E-state index in [0.29, 0.717) is 6.61 Å². The Balaban J connectivity index is 2.06. The molecule has 2 N–H and O–H groups in total. The standard InChI is InChI=1S/C16H18N6O4S/c1-10-13(9-20-26-10)14(23)12(6-17)15(24)21-16-18-7-11(8-19-16)27-22(2)4-5-25-3/h7-9,23H,4-5H2,1-3H3,(H,18,19,21,24)/b14-12-. The molecule has 0 atom stereocenters. The summed E-state index contributed by atoms with van der Waals surface area (Å²) in [7, 11) is 3.53. The number of amides is 1. The second-order valence-electron chi connectivity index (χ2n) is 5.26. The molecule has 0 fully saturated rings. The zero-order chi connectivity index (χ0) is 19.8. The van der Waals surface area contributed by atoms with E-state index in [1.54, 1.807) is 20.1 Å². The van der Waals surface area contributed by atoms with Crippen molar-refractivity contribution in [2.45, 2.75) is 11.8 Å². The van der Waals surface area contributed by atoms with E-state index < -0.39 is 17.2 Å². The normalized spacial score (nSPS) is 11.8. The number of aliphatic hydroxyl groups excluding tert-OH is 1. The molecule has 0 radical (unpaired) electrons. The van der Waals surface area contributed by atoms with Crippen molar-refractivity contribution in [3.05, 3.63) is 35.5 Å². The van der Waals surface area contributed by atoms with Crippen molar-refractivity contribution in [1.82, 2.24) is 19.4 Å². The molecule has 0 saturated carbocycles. The van der Waals surface area contributed by atoms with Crippen LogP contribution in [0.25, 0.3) is 5.76 Å². The lowest BCUT2D eigenvalue weighted by molar-refractivity contribution is -0.112. The van der Waals surface area contributed by atoms with Gasteiger partial charge in [-0.1, -0.05) is 5.16 Å². The van der Waals surface area contributed by atoms with Crippen molar-refractivity contribution in [2.75, 3.05) is 32.6 Å². The number of ether oxygens (including phenoxy) is 1. The first-order chi connectivity index (χ1) is 13.0. The number of nitrogens with one attached hydrogen (secondary N) is 1. The minimum atomic E-state index is -0.840. The molecule has 1 amide bonds. The molecule has 27 heavy (non-hydrogen) atoms.